The lowest BCUT2D eigenvalue weighted by Gasteiger charge is -2.21. The lowest BCUT2D eigenvalue weighted by molar-refractivity contribution is 0.660. The third-order valence-electron chi connectivity index (χ3n) is 11.5. The molecule has 3 nitrogen and oxygen atoms in total. The third-order valence-corrected chi connectivity index (χ3v) is 12.7. The van der Waals surface area contributed by atoms with Crippen molar-refractivity contribution < 1.29 is 0 Å². The molecule has 0 spiro atoms. The highest BCUT2D eigenvalue weighted by molar-refractivity contribution is 7.26. The summed E-state index contributed by atoms with van der Waals surface area (Å²) in [6, 6.07) is 63.0. The van der Waals surface area contributed by atoms with Crippen LogP contribution in [0.25, 0.3) is 98.5 Å². The van der Waals surface area contributed by atoms with Crippen LogP contribution in [0.5, 0.6) is 0 Å². The van der Waals surface area contributed by atoms with Gasteiger partial charge in [0.25, 0.3) is 0 Å². The molecular formula is C52H35N3S. The van der Waals surface area contributed by atoms with Gasteiger partial charge in [0.15, 0.2) is 17.5 Å². The standard InChI is InChI=1S/C52H35N3S/c1-52(2)44-23-12-11-22-40(44)42-29-35(25-27-45(42)52)36-24-26-41-46(31-36)56-48-43(30-37-18-9-10-21-39(37)47(41)48)51-54-49(33-16-7-4-8-17-33)53-50(55-51)38-20-13-19-34(28-38)32-14-5-3-6-15-32/h3-31H,1-2H3. The fraction of sp³-hybridized carbons (Fsp3) is 0.0577. The number of fused-ring (bicyclic) bond motifs is 8. The van der Waals surface area contributed by atoms with Crippen LogP contribution in [-0.2, 0) is 5.41 Å². The van der Waals surface area contributed by atoms with Gasteiger partial charge in [0.1, 0.15) is 0 Å². The summed E-state index contributed by atoms with van der Waals surface area (Å²) >= 11 is 1.82. The summed E-state index contributed by atoms with van der Waals surface area (Å²) in [5, 5.41) is 4.87. The molecule has 2 aromatic heterocycles. The maximum atomic E-state index is 5.27. The monoisotopic (exact) mass is 733 g/mol. The van der Waals surface area contributed by atoms with Crippen molar-refractivity contribution in [3.05, 3.63) is 187 Å². The Morgan fingerprint density at radius 3 is 1.84 bits per heavy atom. The van der Waals surface area contributed by atoms with E-state index in [0.29, 0.717) is 17.5 Å². The maximum absolute atomic E-state index is 5.27. The molecule has 0 unspecified atom stereocenters. The van der Waals surface area contributed by atoms with Crippen molar-refractivity contribution in [2.24, 2.45) is 0 Å². The minimum absolute atomic E-state index is 0.0166. The summed E-state index contributed by atoms with van der Waals surface area (Å²) in [7, 11) is 0. The summed E-state index contributed by atoms with van der Waals surface area (Å²) in [4.78, 5) is 15.6. The lowest BCUT2D eigenvalue weighted by atomic mass is 9.82. The van der Waals surface area contributed by atoms with Crippen molar-refractivity contribution in [3.63, 3.8) is 0 Å². The molecule has 11 rings (SSSR count). The molecule has 0 amide bonds. The molecular weight excluding hydrogens is 699 g/mol. The molecule has 0 radical (unpaired) electrons. The van der Waals surface area contributed by atoms with Crippen LogP contribution in [-0.4, -0.2) is 15.0 Å². The van der Waals surface area contributed by atoms with Gasteiger partial charge < -0.3 is 0 Å². The third kappa shape index (κ3) is 5.21. The van der Waals surface area contributed by atoms with E-state index in [0.717, 1.165) is 33.2 Å². The van der Waals surface area contributed by atoms with Gasteiger partial charge in [0.05, 0.1) is 0 Å². The molecule has 0 bridgehead atoms. The Labute approximate surface area is 329 Å². The fourth-order valence-corrected chi connectivity index (χ4v) is 9.95. The van der Waals surface area contributed by atoms with Gasteiger partial charge in [0.2, 0.25) is 0 Å². The van der Waals surface area contributed by atoms with E-state index in [1.165, 1.54) is 58.9 Å². The molecule has 56 heavy (non-hydrogen) atoms. The van der Waals surface area contributed by atoms with Crippen LogP contribution >= 0.6 is 11.3 Å². The van der Waals surface area contributed by atoms with Crippen molar-refractivity contribution in [2.75, 3.05) is 0 Å². The Balaban J connectivity index is 1.11. The fourth-order valence-electron chi connectivity index (χ4n) is 8.68. The molecule has 0 saturated heterocycles. The van der Waals surface area contributed by atoms with Crippen molar-refractivity contribution in [3.8, 4) is 67.5 Å². The van der Waals surface area contributed by atoms with E-state index < -0.39 is 0 Å². The zero-order valence-electron chi connectivity index (χ0n) is 31.0. The number of aromatic nitrogens is 3. The van der Waals surface area contributed by atoms with E-state index in [1.54, 1.807) is 0 Å². The Kier molecular flexibility index (Phi) is 7.38. The first-order chi connectivity index (χ1) is 27.5. The highest BCUT2D eigenvalue weighted by Crippen LogP contribution is 2.50. The number of benzene rings is 8. The second kappa shape index (κ2) is 12.7. The highest BCUT2D eigenvalue weighted by Gasteiger charge is 2.35. The van der Waals surface area contributed by atoms with Crippen LogP contribution in [0, 0.1) is 0 Å². The van der Waals surface area contributed by atoms with E-state index in [9.17, 15) is 0 Å². The summed E-state index contributed by atoms with van der Waals surface area (Å²) < 4.78 is 2.42. The molecule has 4 heteroatoms. The van der Waals surface area contributed by atoms with Gasteiger partial charge >= 0.3 is 0 Å². The van der Waals surface area contributed by atoms with E-state index in [-0.39, 0.29) is 5.41 Å². The second-order valence-corrected chi connectivity index (χ2v) is 16.3. The number of nitrogens with zero attached hydrogens (tertiary/aromatic N) is 3. The summed E-state index contributed by atoms with van der Waals surface area (Å²) in [5.74, 6) is 1.97. The number of rotatable bonds is 5. The predicted molar refractivity (Wildman–Crippen MR) is 235 cm³/mol. The van der Waals surface area contributed by atoms with Crippen molar-refractivity contribution >= 4 is 42.3 Å². The van der Waals surface area contributed by atoms with Crippen LogP contribution in [0.4, 0.5) is 0 Å². The van der Waals surface area contributed by atoms with Gasteiger partial charge in [-0.15, -0.1) is 11.3 Å². The van der Waals surface area contributed by atoms with Crippen molar-refractivity contribution in [2.45, 2.75) is 19.3 Å². The Morgan fingerprint density at radius 2 is 1.00 bits per heavy atom. The molecule has 0 saturated carbocycles. The van der Waals surface area contributed by atoms with Crippen LogP contribution in [0.3, 0.4) is 0 Å². The average molecular weight is 734 g/mol. The minimum Gasteiger partial charge on any atom is -0.208 e. The Hall–Kier alpha value is -6.75. The average Bonchev–Trinajstić information content (AvgIpc) is 3.76. The molecule has 0 N–H and O–H groups in total. The Morgan fingerprint density at radius 1 is 0.393 bits per heavy atom. The molecule has 2 heterocycles. The number of hydrogen-bond donors (Lipinski definition) is 0. The van der Waals surface area contributed by atoms with Gasteiger partial charge in [-0.2, -0.15) is 0 Å². The number of thiophene rings is 1. The molecule has 1 aliphatic carbocycles. The van der Waals surface area contributed by atoms with Gasteiger partial charge in [0, 0.05) is 42.3 Å². The molecule has 0 atom stereocenters. The van der Waals surface area contributed by atoms with Gasteiger partial charge in [-0.1, -0.05) is 166 Å². The summed E-state index contributed by atoms with van der Waals surface area (Å²) in [5.41, 5.74) is 13.1. The van der Waals surface area contributed by atoms with Crippen LogP contribution in [0.1, 0.15) is 25.0 Å². The summed E-state index contributed by atoms with van der Waals surface area (Å²) in [6.45, 7) is 4.67. The highest BCUT2D eigenvalue weighted by atomic mass is 32.1. The molecule has 0 aliphatic heterocycles. The molecule has 264 valence electrons. The topological polar surface area (TPSA) is 38.7 Å². The van der Waals surface area contributed by atoms with Crippen LogP contribution < -0.4 is 0 Å². The maximum Gasteiger partial charge on any atom is 0.165 e. The normalized spacial score (nSPS) is 13.0. The summed E-state index contributed by atoms with van der Waals surface area (Å²) in [6.07, 6.45) is 0. The first-order valence-electron chi connectivity index (χ1n) is 19.1. The largest absolute Gasteiger partial charge is 0.208 e. The number of hydrogen-bond acceptors (Lipinski definition) is 4. The zero-order chi connectivity index (χ0) is 37.4. The molecule has 8 aromatic carbocycles. The molecule has 10 aromatic rings. The predicted octanol–water partition coefficient (Wildman–Crippen LogP) is 14.0. The Bertz CT molecular complexity index is 3160. The minimum atomic E-state index is -0.0166. The van der Waals surface area contributed by atoms with Crippen LogP contribution in [0.2, 0.25) is 0 Å². The van der Waals surface area contributed by atoms with E-state index in [1.807, 2.05) is 35.6 Å². The van der Waals surface area contributed by atoms with Gasteiger partial charge in [-0.3, -0.25) is 0 Å². The van der Waals surface area contributed by atoms with E-state index >= 15 is 0 Å². The molecule has 0 fully saturated rings. The van der Waals surface area contributed by atoms with E-state index in [2.05, 4.69) is 166 Å². The molecule has 1 aliphatic rings. The SMILES string of the molecule is CC1(C)c2ccccc2-c2cc(-c3ccc4c(c3)sc3c(-c5nc(-c6ccccc6)nc(-c6cccc(-c7ccccc7)c6)n5)cc5ccccc5c34)ccc21. The lowest BCUT2D eigenvalue weighted by Crippen LogP contribution is -2.14. The quantitative estimate of drug-likeness (QED) is 0.177. The zero-order valence-corrected chi connectivity index (χ0v) is 31.8. The van der Waals surface area contributed by atoms with Crippen molar-refractivity contribution in [1.29, 1.82) is 0 Å². The van der Waals surface area contributed by atoms with Crippen LogP contribution in [0.15, 0.2) is 176 Å². The van der Waals surface area contributed by atoms with Gasteiger partial charge in [-0.05, 0) is 79.5 Å². The first-order valence-corrected chi connectivity index (χ1v) is 19.9. The van der Waals surface area contributed by atoms with Gasteiger partial charge in [-0.25, -0.2) is 15.0 Å². The smallest absolute Gasteiger partial charge is 0.165 e. The first kappa shape index (κ1) is 32.7. The van der Waals surface area contributed by atoms with Crippen molar-refractivity contribution in [1.82, 2.24) is 15.0 Å². The van der Waals surface area contributed by atoms with E-state index in [4.69, 9.17) is 15.0 Å². The second-order valence-electron chi connectivity index (χ2n) is 15.2.